The lowest BCUT2D eigenvalue weighted by molar-refractivity contribution is -0.134. The number of rotatable bonds is 2. The van der Waals surface area contributed by atoms with Gasteiger partial charge in [-0.2, -0.15) is 0 Å². The minimum absolute atomic E-state index is 0.289. The highest BCUT2D eigenvalue weighted by molar-refractivity contribution is 5.78. The average Bonchev–Trinajstić information content (AvgIpc) is 2.25. The van der Waals surface area contributed by atoms with Gasteiger partial charge in [0.05, 0.1) is 6.54 Å². The number of amides is 1. The van der Waals surface area contributed by atoms with Crippen LogP contribution in [0.4, 0.5) is 0 Å². The first-order chi connectivity index (χ1) is 7.25. The third-order valence-electron chi connectivity index (χ3n) is 3.78. The number of likely N-dealkylation sites (N-methyl/N-ethyl adjacent to an activating group) is 1. The van der Waals surface area contributed by atoms with Crippen molar-refractivity contribution in [2.45, 2.75) is 32.1 Å². The Kier molecular flexibility index (Phi) is 3.62. The molecule has 0 aromatic carbocycles. The molecule has 0 spiro atoms. The van der Waals surface area contributed by atoms with Crippen molar-refractivity contribution in [1.29, 1.82) is 0 Å². The largest absolute Gasteiger partial charge is 0.343 e. The quantitative estimate of drug-likeness (QED) is 0.686. The van der Waals surface area contributed by atoms with Crippen LogP contribution in [0.2, 0.25) is 0 Å². The molecule has 1 aliphatic carbocycles. The van der Waals surface area contributed by atoms with Gasteiger partial charge in [-0.15, -0.1) is 0 Å². The Balaban J connectivity index is 1.77. The molecule has 2 fully saturated rings. The zero-order chi connectivity index (χ0) is 10.7. The van der Waals surface area contributed by atoms with Crippen molar-refractivity contribution in [3.8, 4) is 0 Å². The second-order valence-corrected chi connectivity index (χ2v) is 5.05. The number of hydrogen-bond acceptors (Lipinski definition) is 2. The van der Waals surface area contributed by atoms with Crippen LogP contribution in [-0.4, -0.2) is 48.9 Å². The number of hydrogen-bond donors (Lipinski definition) is 0. The molecule has 1 amide bonds. The molecule has 2 aliphatic rings. The van der Waals surface area contributed by atoms with Crippen molar-refractivity contribution >= 4 is 5.91 Å². The summed E-state index contributed by atoms with van der Waals surface area (Å²) in [7, 11) is 1.90. The summed E-state index contributed by atoms with van der Waals surface area (Å²) in [5, 5.41) is 0. The van der Waals surface area contributed by atoms with Crippen LogP contribution < -0.4 is 0 Å². The van der Waals surface area contributed by atoms with Gasteiger partial charge in [0.2, 0.25) is 5.91 Å². The molecule has 0 unspecified atom stereocenters. The first-order valence-electron chi connectivity index (χ1n) is 6.22. The van der Waals surface area contributed by atoms with Crippen molar-refractivity contribution in [2.75, 3.05) is 33.2 Å². The highest BCUT2D eigenvalue weighted by Crippen LogP contribution is 2.24. The van der Waals surface area contributed by atoms with Gasteiger partial charge >= 0.3 is 0 Å². The summed E-state index contributed by atoms with van der Waals surface area (Å²) in [4.78, 5) is 15.7. The van der Waals surface area contributed by atoms with Gasteiger partial charge in [-0.1, -0.05) is 19.3 Å². The number of nitrogens with zero attached hydrogens (tertiary/aromatic N) is 2. The maximum Gasteiger partial charge on any atom is 0.236 e. The highest BCUT2D eigenvalue weighted by atomic mass is 16.2. The summed E-state index contributed by atoms with van der Waals surface area (Å²) in [5.41, 5.74) is 0. The number of carbonyl (C=O) groups excluding carboxylic acids is 1. The van der Waals surface area contributed by atoms with Gasteiger partial charge in [0, 0.05) is 26.7 Å². The van der Waals surface area contributed by atoms with Crippen molar-refractivity contribution in [3.05, 3.63) is 0 Å². The van der Waals surface area contributed by atoms with E-state index < -0.39 is 0 Å². The Morgan fingerprint density at radius 2 is 1.93 bits per heavy atom. The molecular weight excluding hydrogens is 188 g/mol. The summed E-state index contributed by atoms with van der Waals surface area (Å²) in [6.45, 7) is 3.77. The fourth-order valence-corrected chi connectivity index (χ4v) is 2.70. The first-order valence-corrected chi connectivity index (χ1v) is 6.22. The Morgan fingerprint density at radius 1 is 1.20 bits per heavy atom. The maximum atomic E-state index is 11.5. The van der Waals surface area contributed by atoms with Gasteiger partial charge < -0.3 is 4.90 Å². The van der Waals surface area contributed by atoms with E-state index in [1.165, 1.54) is 32.1 Å². The molecule has 3 heteroatoms. The van der Waals surface area contributed by atoms with Crippen LogP contribution >= 0.6 is 0 Å². The first kappa shape index (κ1) is 10.9. The predicted molar refractivity (Wildman–Crippen MR) is 60.7 cm³/mol. The van der Waals surface area contributed by atoms with Gasteiger partial charge in [-0.25, -0.2) is 0 Å². The summed E-state index contributed by atoms with van der Waals surface area (Å²) >= 11 is 0. The molecule has 15 heavy (non-hydrogen) atoms. The molecule has 0 bridgehead atoms. The minimum atomic E-state index is 0.289. The molecule has 1 saturated heterocycles. The molecule has 3 nitrogen and oxygen atoms in total. The number of piperazine rings is 1. The fraction of sp³-hybridized carbons (Fsp3) is 0.917. The third kappa shape index (κ3) is 2.94. The van der Waals surface area contributed by atoms with Gasteiger partial charge in [-0.05, 0) is 18.8 Å². The van der Waals surface area contributed by atoms with Gasteiger partial charge in [0.1, 0.15) is 0 Å². The number of carbonyl (C=O) groups is 1. The lowest BCUT2D eigenvalue weighted by Crippen LogP contribution is -2.49. The second kappa shape index (κ2) is 4.97. The van der Waals surface area contributed by atoms with Crippen molar-refractivity contribution in [1.82, 2.24) is 9.80 Å². The van der Waals surface area contributed by atoms with Crippen LogP contribution in [0, 0.1) is 5.92 Å². The normalized spacial score (nSPS) is 25.9. The highest BCUT2D eigenvalue weighted by Gasteiger charge is 2.23. The Hall–Kier alpha value is -0.570. The monoisotopic (exact) mass is 210 g/mol. The van der Waals surface area contributed by atoms with E-state index in [1.54, 1.807) is 0 Å². The Morgan fingerprint density at radius 3 is 2.60 bits per heavy atom. The molecule has 1 saturated carbocycles. The topological polar surface area (TPSA) is 23.6 Å². The molecule has 2 rings (SSSR count). The van der Waals surface area contributed by atoms with Crippen LogP contribution in [0.15, 0.2) is 0 Å². The van der Waals surface area contributed by atoms with Crippen LogP contribution in [0.5, 0.6) is 0 Å². The van der Waals surface area contributed by atoms with Gasteiger partial charge in [0.25, 0.3) is 0 Å². The lowest BCUT2D eigenvalue weighted by atomic mass is 9.89. The van der Waals surface area contributed by atoms with E-state index in [-0.39, 0.29) is 5.91 Å². The van der Waals surface area contributed by atoms with Crippen molar-refractivity contribution in [3.63, 3.8) is 0 Å². The smallest absolute Gasteiger partial charge is 0.236 e. The molecule has 0 radical (unpaired) electrons. The van der Waals surface area contributed by atoms with E-state index in [1.807, 2.05) is 11.9 Å². The lowest BCUT2D eigenvalue weighted by Gasteiger charge is -2.35. The molecule has 0 aromatic heterocycles. The minimum Gasteiger partial charge on any atom is -0.343 e. The zero-order valence-corrected chi connectivity index (χ0v) is 9.74. The summed E-state index contributed by atoms with van der Waals surface area (Å²) in [6.07, 6.45) is 6.96. The van der Waals surface area contributed by atoms with E-state index in [2.05, 4.69) is 4.90 Å². The summed E-state index contributed by atoms with van der Waals surface area (Å²) in [5.74, 6) is 1.15. The zero-order valence-electron chi connectivity index (χ0n) is 9.74. The average molecular weight is 210 g/mol. The van der Waals surface area contributed by atoms with Crippen LogP contribution in [0.1, 0.15) is 32.1 Å². The van der Waals surface area contributed by atoms with Crippen molar-refractivity contribution < 1.29 is 4.79 Å². The summed E-state index contributed by atoms with van der Waals surface area (Å²) < 4.78 is 0. The third-order valence-corrected chi connectivity index (χ3v) is 3.78. The van der Waals surface area contributed by atoms with E-state index in [0.29, 0.717) is 6.54 Å². The van der Waals surface area contributed by atoms with E-state index in [4.69, 9.17) is 0 Å². The van der Waals surface area contributed by atoms with E-state index in [0.717, 1.165) is 25.6 Å². The molecule has 0 atom stereocenters. The second-order valence-electron chi connectivity index (χ2n) is 5.05. The SMILES string of the molecule is CN1CCN(CC2CCCCC2)CC1=O. The Bertz CT molecular complexity index is 224. The molecule has 86 valence electrons. The van der Waals surface area contributed by atoms with E-state index >= 15 is 0 Å². The van der Waals surface area contributed by atoms with Crippen molar-refractivity contribution in [2.24, 2.45) is 5.92 Å². The van der Waals surface area contributed by atoms with Crippen LogP contribution in [0.25, 0.3) is 0 Å². The maximum absolute atomic E-state index is 11.5. The molecule has 0 aromatic rings. The summed E-state index contributed by atoms with van der Waals surface area (Å²) in [6, 6.07) is 0. The molecule has 1 aliphatic heterocycles. The predicted octanol–water partition coefficient (Wildman–Crippen LogP) is 1.34. The molecule has 1 heterocycles. The molecular formula is C12H22N2O. The van der Waals surface area contributed by atoms with Gasteiger partial charge in [0.15, 0.2) is 0 Å². The van der Waals surface area contributed by atoms with Crippen LogP contribution in [0.3, 0.4) is 0 Å². The van der Waals surface area contributed by atoms with Crippen LogP contribution in [-0.2, 0) is 4.79 Å². The van der Waals surface area contributed by atoms with Gasteiger partial charge in [-0.3, -0.25) is 9.69 Å². The fourth-order valence-electron chi connectivity index (χ4n) is 2.70. The molecule has 0 N–H and O–H groups in total. The standard InChI is InChI=1S/C12H22N2O/c1-13-7-8-14(10-12(13)15)9-11-5-3-2-4-6-11/h11H,2-10H2,1H3. The Labute approximate surface area is 92.4 Å². The van der Waals surface area contributed by atoms with E-state index in [9.17, 15) is 4.79 Å².